The summed E-state index contributed by atoms with van der Waals surface area (Å²) in [6, 6.07) is 7.91. The number of carbonyl (C=O) groups excluding carboxylic acids is 1. The second kappa shape index (κ2) is 4.78. The van der Waals surface area contributed by atoms with Crippen LogP contribution in [0, 0.1) is 5.41 Å². The Morgan fingerprint density at radius 1 is 1.41 bits per heavy atom. The zero-order valence-corrected chi connectivity index (χ0v) is 11.4. The number of amides is 1. The van der Waals surface area contributed by atoms with Gasteiger partial charge in [0, 0.05) is 18.1 Å². The van der Waals surface area contributed by atoms with Crippen molar-refractivity contribution in [3.8, 4) is 0 Å². The maximum absolute atomic E-state index is 12.1. The molecule has 0 unspecified atom stereocenters. The molecule has 1 amide bonds. The fraction of sp³-hybridized carbons (Fsp3) is 0.462. The molecule has 2 rings (SSSR count). The second-order valence-corrected chi connectivity index (χ2v) is 5.64. The topological polar surface area (TPSA) is 40.5 Å². The van der Waals surface area contributed by atoms with Crippen molar-refractivity contribution in [2.75, 3.05) is 13.7 Å². The van der Waals surface area contributed by atoms with Gasteiger partial charge in [0.15, 0.2) is 0 Å². The molecule has 0 spiro atoms. The Labute approximate surface area is 110 Å². The van der Waals surface area contributed by atoms with Crippen LogP contribution in [-0.4, -0.2) is 29.6 Å². The Bertz CT molecular complexity index is 412. The molecule has 1 fully saturated rings. The highest BCUT2D eigenvalue weighted by Crippen LogP contribution is 2.46. The summed E-state index contributed by atoms with van der Waals surface area (Å²) in [6.07, 6.45) is 1.63. The molecule has 0 bridgehead atoms. The van der Waals surface area contributed by atoms with Gasteiger partial charge in [-0.2, -0.15) is 0 Å². The molecule has 1 aromatic carbocycles. The standard InChI is InChI=1S/C13H16BrNO2/c1-15(12(17)13(9-16)6-7-13)8-10-2-4-11(14)5-3-10/h2-5,16H,6-9H2,1H3. The molecule has 0 heterocycles. The summed E-state index contributed by atoms with van der Waals surface area (Å²) in [4.78, 5) is 13.8. The van der Waals surface area contributed by atoms with Crippen LogP contribution in [0.5, 0.6) is 0 Å². The maximum atomic E-state index is 12.1. The number of aliphatic hydroxyl groups excluding tert-OH is 1. The smallest absolute Gasteiger partial charge is 0.231 e. The van der Waals surface area contributed by atoms with Gasteiger partial charge < -0.3 is 10.0 Å². The molecule has 1 aromatic rings. The number of hydrogen-bond acceptors (Lipinski definition) is 2. The summed E-state index contributed by atoms with van der Waals surface area (Å²) in [7, 11) is 1.79. The minimum Gasteiger partial charge on any atom is -0.395 e. The number of halogens is 1. The second-order valence-electron chi connectivity index (χ2n) is 4.73. The van der Waals surface area contributed by atoms with Crippen molar-refractivity contribution in [1.82, 2.24) is 4.90 Å². The number of nitrogens with zero attached hydrogens (tertiary/aromatic N) is 1. The molecule has 17 heavy (non-hydrogen) atoms. The highest BCUT2D eigenvalue weighted by Gasteiger charge is 2.50. The molecule has 0 aromatic heterocycles. The molecule has 1 aliphatic rings. The molecule has 3 nitrogen and oxygen atoms in total. The lowest BCUT2D eigenvalue weighted by molar-refractivity contribution is -0.137. The van der Waals surface area contributed by atoms with Crippen LogP contribution in [0.1, 0.15) is 18.4 Å². The van der Waals surface area contributed by atoms with Gasteiger partial charge >= 0.3 is 0 Å². The van der Waals surface area contributed by atoms with Crippen LogP contribution in [0.3, 0.4) is 0 Å². The third-order valence-corrected chi connectivity index (χ3v) is 3.82. The van der Waals surface area contributed by atoms with Crippen molar-refractivity contribution in [2.45, 2.75) is 19.4 Å². The quantitative estimate of drug-likeness (QED) is 0.925. The van der Waals surface area contributed by atoms with Gasteiger partial charge in [0.05, 0.1) is 12.0 Å². The Morgan fingerprint density at radius 2 is 2.00 bits per heavy atom. The van der Waals surface area contributed by atoms with Gasteiger partial charge in [-0.3, -0.25) is 4.79 Å². The van der Waals surface area contributed by atoms with E-state index in [0.717, 1.165) is 22.9 Å². The minimum absolute atomic E-state index is 0.0312. The van der Waals surface area contributed by atoms with Crippen molar-refractivity contribution in [1.29, 1.82) is 0 Å². The van der Waals surface area contributed by atoms with E-state index in [0.29, 0.717) is 6.54 Å². The van der Waals surface area contributed by atoms with Crippen molar-refractivity contribution in [2.24, 2.45) is 5.41 Å². The highest BCUT2D eigenvalue weighted by molar-refractivity contribution is 9.10. The molecular weight excluding hydrogens is 282 g/mol. The number of benzene rings is 1. The molecule has 1 N–H and O–H groups in total. The SMILES string of the molecule is CN(Cc1ccc(Br)cc1)C(=O)C1(CO)CC1. The van der Waals surface area contributed by atoms with E-state index in [1.54, 1.807) is 11.9 Å². The fourth-order valence-electron chi connectivity index (χ4n) is 1.93. The molecule has 0 saturated heterocycles. The molecule has 0 atom stereocenters. The largest absolute Gasteiger partial charge is 0.395 e. The van der Waals surface area contributed by atoms with Crippen molar-refractivity contribution >= 4 is 21.8 Å². The van der Waals surface area contributed by atoms with Crippen molar-refractivity contribution in [3.63, 3.8) is 0 Å². The van der Waals surface area contributed by atoms with Gasteiger partial charge in [0.25, 0.3) is 0 Å². The lowest BCUT2D eigenvalue weighted by Crippen LogP contribution is -2.35. The van der Waals surface area contributed by atoms with Crippen LogP contribution >= 0.6 is 15.9 Å². The first-order chi connectivity index (χ1) is 8.07. The van der Waals surface area contributed by atoms with Gasteiger partial charge in [0.1, 0.15) is 0 Å². The van der Waals surface area contributed by atoms with Gasteiger partial charge in [-0.15, -0.1) is 0 Å². The summed E-state index contributed by atoms with van der Waals surface area (Å²) in [5.74, 6) is 0.0583. The number of rotatable bonds is 4. The number of hydrogen-bond donors (Lipinski definition) is 1. The molecule has 0 radical (unpaired) electrons. The average Bonchev–Trinajstić information content (AvgIpc) is 3.12. The van der Waals surface area contributed by atoms with E-state index in [1.165, 1.54) is 0 Å². The van der Waals surface area contributed by atoms with Gasteiger partial charge in [0.2, 0.25) is 5.91 Å². The van der Waals surface area contributed by atoms with Crippen molar-refractivity contribution in [3.05, 3.63) is 34.3 Å². The normalized spacial score (nSPS) is 16.6. The molecule has 1 saturated carbocycles. The van der Waals surface area contributed by atoms with E-state index in [4.69, 9.17) is 0 Å². The zero-order chi connectivity index (χ0) is 12.5. The summed E-state index contributed by atoms with van der Waals surface area (Å²) in [5, 5.41) is 9.22. The Hall–Kier alpha value is -0.870. The fourth-order valence-corrected chi connectivity index (χ4v) is 2.20. The molecule has 0 aliphatic heterocycles. The van der Waals surface area contributed by atoms with Gasteiger partial charge in [-0.1, -0.05) is 28.1 Å². The van der Waals surface area contributed by atoms with E-state index in [9.17, 15) is 9.90 Å². The van der Waals surface area contributed by atoms with Crippen LogP contribution < -0.4 is 0 Å². The van der Waals surface area contributed by atoms with E-state index < -0.39 is 5.41 Å². The Balaban J connectivity index is 1.99. The van der Waals surface area contributed by atoms with Crippen LogP contribution in [0.2, 0.25) is 0 Å². The zero-order valence-electron chi connectivity index (χ0n) is 9.82. The van der Waals surface area contributed by atoms with Crippen LogP contribution in [0.25, 0.3) is 0 Å². The minimum atomic E-state index is -0.468. The summed E-state index contributed by atoms with van der Waals surface area (Å²) < 4.78 is 1.03. The molecule has 92 valence electrons. The third kappa shape index (κ3) is 2.69. The predicted molar refractivity (Wildman–Crippen MR) is 69.4 cm³/mol. The first-order valence-electron chi connectivity index (χ1n) is 5.68. The maximum Gasteiger partial charge on any atom is 0.231 e. The van der Waals surface area contributed by atoms with Gasteiger partial charge in [-0.25, -0.2) is 0 Å². The summed E-state index contributed by atoms with van der Waals surface area (Å²) >= 11 is 3.38. The Kier molecular flexibility index (Phi) is 3.54. The predicted octanol–water partition coefficient (Wildman–Crippen LogP) is 2.18. The lowest BCUT2D eigenvalue weighted by atomic mass is 10.1. The highest BCUT2D eigenvalue weighted by atomic mass is 79.9. The van der Waals surface area contributed by atoms with Crippen LogP contribution in [-0.2, 0) is 11.3 Å². The molecular formula is C13H16BrNO2. The monoisotopic (exact) mass is 297 g/mol. The molecule has 1 aliphatic carbocycles. The van der Waals surface area contributed by atoms with E-state index in [2.05, 4.69) is 15.9 Å². The lowest BCUT2D eigenvalue weighted by Gasteiger charge is -2.22. The van der Waals surface area contributed by atoms with E-state index in [1.807, 2.05) is 24.3 Å². The third-order valence-electron chi connectivity index (χ3n) is 3.29. The summed E-state index contributed by atoms with van der Waals surface area (Å²) in [5.41, 5.74) is 0.627. The van der Waals surface area contributed by atoms with E-state index in [-0.39, 0.29) is 12.5 Å². The number of carbonyl (C=O) groups is 1. The van der Waals surface area contributed by atoms with E-state index >= 15 is 0 Å². The first-order valence-corrected chi connectivity index (χ1v) is 6.47. The van der Waals surface area contributed by atoms with Crippen LogP contribution in [0.4, 0.5) is 0 Å². The van der Waals surface area contributed by atoms with Crippen molar-refractivity contribution < 1.29 is 9.90 Å². The molecule has 4 heteroatoms. The summed E-state index contributed by atoms with van der Waals surface area (Å²) in [6.45, 7) is 0.560. The Morgan fingerprint density at radius 3 is 2.47 bits per heavy atom. The number of aliphatic hydroxyl groups is 1. The van der Waals surface area contributed by atoms with Gasteiger partial charge in [-0.05, 0) is 30.5 Å². The van der Waals surface area contributed by atoms with Crippen LogP contribution in [0.15, 0.2) is 28.7 Å². The average molecular weight is 298 g/mol. The first kappa shape index (κ1) is 12.6.